The van der Waals surface area contributed by atoms with Crippen molar-refractivity contribution in [2.24, 2.45) is 0 Å². The molecule has 80 valence electrons. The lowest BCUT2D eigenvalue weighted by atomic mass is 10.1. The summed E-state index contributed by atoms with van der Waals surface area (Å²) in [4.78, 5) is 21.8. The highest BCUT2D eigenvalue weighted by molar-refractivity contribution is 9.10. The SMILES string of the molecule is CCOC(=O)c1cc(C=O)cc(Br)c1F. The molecule has 1 aromatic carbocycles. The van der Waals surface area contributed by atoms with Gasteiger partial charge < -0.3 is 4.74 Å². The second-order valence-corrected chi connectivity index (χ2v) is 3.56. The lowest BCUT2D eigenvalue weighted by Crippen LogP contribution is -2.08. The first-order valence-electron chi connectivity index (χ1n) is 4.21. The Morgan fingerprint density at radius 3 is 2.80 bits per heavy atom. The van der Waals surface area contributed by atoms with E-state index in [1.165, 1.54) is 6.07 Å². The van der Waals surface area contributed by atoms with Crippen molar-refractivity contribution in [2.75, 3.05) is 6.61 Å². The molecular weight excluding hydrogens is 267 g/mol. The maximum Gasteiger partial charge on any atom is 0.341 e. The smallest absolute Gasteiger partial charge is 0.341 e. The number of carbonyl (C=O) groups is 2. The molecule has 15 heavy (non-hydrogen) atoms. The van der Waals surface area contributed by atoms with Gasteiger partial charge in [-0.1, -0.05) is 0 Å². The van der Waals surface area contributed by atoms with Crippen LogP contribution >= 0.6 is 15.9 Å². The van der Waals surface area contributed by atoms with Crippen molar-refractivity contribution in [3.05, 3.63) is 33.5 Å². The Balaban J connectivity index is 3.21. The minimum atomic E-state index is -0.778. The molecule has 0 N–H and O–H groups in total. The zero-order valence-electron chi connectivity index (χ0n) is 7.92. The van der Waals surface area contributed by atoms with E-state index >= 15 is 0 Å². The molecule has 0 aliphatic heterocycles. The number of benzene rings is 1. The molecule has 0 fully saturated rings. The van der Waals surface area contributed by atoms with Gasteiger partial charge in [0.25, 0.3) is 0 Å². The van der Waals surface area contributed by atoms with Crippen molar-refractivity contribution >= 4 is 28.2 Å². The van der Waals surface area contributed by atoms with Crippen molar-refractivity contribution in [1.29, 1.82) is 0 Å². The molecule has 0 radical (unpaired) electrons. The average Bonchev–Trinajstić information content (AvgIpc) is 2.22. The van der Waals surface area contributed by atoms with Gasteiger partial charge in [-0.2, -0.15) is 0 Å². The summed E-state index contributed by atoms with van der Waals surface area (Å²) in [6.07, 6.45) is 0.535. The van der Waals surface area contributed by atoms with Crippen molar-refractivity contribution < 1.29 is 18.7 Å². The Kier molecular flexibility index (Phi) is 3.96. The lowest BCUT2D eigenvalue weighted by Gasteiger charge is -2.05. The fourth-order valence-corrected chi connectivity index (χ4v) is 1.51. The summed E-state index contributed by atoms with van der Waals surface area (Å²) in [5.74, 6) is -1.50. The number of hydrogen-bond donors (Lipinski definition) is 0. The molecular formula is C10H8BrFO3. The van der Waals surface area contributed by atoms with Gasteiger partial charge in [-0.05, 0) is 35.0 Å². The van der Waals surface area contributed by atoms with Gasteiger partial charge in [0.05, 0.1) is 16.6 Å². The van der Waals surface area contributed by atoms with Crippen LogP contribution in [0.2, 0.25) is 0 Å². The highest BCUT2D eigenvalue weighted by atomic mass is 79.9. The van der Waals surface area contributed by atoms with E-state index in [-0.39, 0.29) is 22.2 Å². The number of esters is 1. The third-order valence-corrected chi connectivity index (χ3v) is 2.26. The summed E-state index contributed by atoms with van der Waals surface area (Å²) in [6, 6.07) is 2.45. The van der Waals surface area contributed by atoms with Crippen molar-refractivity contribution in [3.63, 3.8) is 0 Å². The van der Waals surface area contributed by atoms with E-state index in [1.54, 1.807) is 6.92 Å². The molecule has 0 aliphatic carbocycles. The second kappa shape index (κ2) is 5.02. The number of hydrogen-bond acceptors (Lipinski definition) is 3. The molecule has 0 aromatic heterocycles. The van der Waals surface area contributed by atoms with Gasteiger partial charge >= 0.3 is 5.97 Å². The molecule has 0 atom stereocenters. The standard InChI is InChI=1S/C10H8BrFO3/c1-2-15-10(14)7-3-6(5-13)4-8(11)9(7)12/h3-5H,2H2,1H3. The topological polar surface area (TPSA) is 43.4 Å². The molecule has 0 amide bonds. The van der Waals surface area contributed by atoms with E-state index in [4.69, 9.17) is 0 Å². The van der Waals surface area contributed by atoms with Gasteiger partial charge in [-0.3, -0.25) is 4.79 Å². The van der Waals surface area contributed by atoms with Crippen LogP contribution in [0.3, 0.4) is 0 Å². The quantitative estimate of drug-likeness (QED) is 0.629. The number of ether oxygens (including phenoxy) is 1. The highest BCUT2D eigenvalue weighted by Crippen LogP contribution is 2.21. The van der Waals surface area contributed by atoms with Crippen LogP contribution in [-0.4, -0.2) is 18.9 Å². The molecule has 1 rings (SSSR count). The monoisotopic (exact) mass is 274 g/mol. The number of carbonyl (C=O) groups excluding carboxylic acids is 2. The van der Waals surface area contributed by atoms with Gasteiger partial charge in [0.2, 0.25) is 0 Å². The molecule has 0 aliphatic rings. The first-order valence-corrected chi connectivity index (χ1v) is 5.00. The lowest BCUT2D eigenvalue weighted by molar-refractivity contribution is 0.0521. The summed E-state index contributed by atoms with van der Waals surface area (Å²) in [5.41, 5.74) is -0.0281. The summed E-state index contributed by atoms with van der Waals surface area (Å²) >= 11 is 2.92. The van der Waals surface area contributed by atoms with Crippen LogP contribution in [0.5, 0.6) is 0 Å². The third kappa shape index (κ3) is 2.62. The minimum Gasteiger partial charge on any atom is -0.462 e. The normalized spacial score (nSPS) is 9.80. The summed E-state index contributed by atoms with van der Waals surface area (Å²) in [6.45, 7) is 1.77. The van der Waals surface area contributed by atoms with Crippen LogP contribution in [0.15, 0.2) is 16.6 Å². The molecule has 0 heterocycles. The van der Waals surface area contributed by atoms with Crippen LogP contribution in [-0.2, 0) is 4.74 Å². The third-order valence-electron chi connectivity index (χ3n) is 1.68. The van der Waals surface area contributed by atoms with Gasteiger partial charge in [-0.15, -0.1) is 0 Å². The summed E-state index contributed by atoms with van der Waals surface area (Å²) in [7, 11) is 0. The predicted octanol–water partition coefficient (Wildman–Crippen LogP) is 2.58. The predicted molar refractivity (Wildman–Crippen MR) is 55.4 cm³/mol. The van der Waals surface area contributed by atoms with Crippen LogP contribution in [0.1, 0.15) is 27.6 Å². The van der Waals surface area contributed by atoms with E-state index in [2.05, 4.69) is 20.7 Å². The zero-order chi connectivity index (χ0) is 11.4. The maximum absolute atomic E-state index is 13.4. The van der Waals surface area contributed by atoms with E-state index in [0.29, 0.717) is 6.29 Å². The van der Waals surface area contributed by atoms with Gasteiger partial charge in [0.15, 0.2) is 5.82 Å². The van der Waals surface area contributed by atoms with E-state index in [9.17, 15) is 14.0 Å². The number of aldehydes is 1. The van der Waals surface area contributed by atoms with Crippen molar-refractivity contribution in [3.8, 4) is 0 Å². The average molecular weight is 275 g/mol. The van der Waals surface area contributed by atoms with Crippen LogP contribution in [0, 0.1) is 5.82 Å². The fourth-order valence-electron chi connectivity index (χ4n) is 1.04. The summed E-state index contributed by atoms with van der Waals surface area (Å²) in [5, 5.41) is 0. The van der Waals surface area contributed by atoms with Gasteiger partial charge in [-0.25, -0.2) is 9.18 Å². The fraction of sp³-hybridized carbons (Fsp3) is 0.200. The molecule has 0 spiro atoms. The zero-order valence-corrected chi connectivity index (χ0v) is 9.51. The molecule has 0 bridgehead atoms. The van der Waals surface area contributed by atoms with Crippen molar-refractivity contribution in [2.45, 2.75) is 6.92 Å². The Labute approximate surface area is 94.4 Å². The Morgan fingerprint density at radius 2 is 2.27 bits per heavy atom. The van der Waals surface area contributed by atoms with Gasteiger partial charge in [0.1, 0.15) is 6.29 Å². The van der Waals surface area contributed by atoms with Crippen LogP contribution in [0.4, 0.5) is 4.39 Å². The van der Waals surface area contributed by atoms with E-state index in [0.717, 1.165) is 6.07 Å². The minimum absolute atomic E-state index is 0.0650. The van der Waals surface area contributed by atoms with Crippen LogP contribution in [0.25, 0.3) is 0 Å². The molecule has 0 saturated carbocycles. The van der Waals surface area contributed by atoms with Crippen molar-refractivity contribution in [1.82, 2.24) is 0 Å². The Hall–Kier alpha value is -1.23. The Bertz CT molecular complexity index is 404. The summed E-state index contributed by atoms with van der Waals surface area (Å²) < 4.78 is 18.1. The molecule has 1 aromatic rings. The first-order chi connectivity index (χ1) is 7.10. The number of rotatable bonds is 3. The largest absolute Gasteiger partial charge is 0.462 e. The highest BCUT2D eigenvalue weighted by Gasteiger charge is 2.16. The maximum atomic E-state index is 13.4. The van der Waals surface area contributed by atoms with E-state index in [1.807, 2.05) is 0 Å². The number of halogens is 2. The van der Waals surface area contributed by atoms with Gasteiger partial charge in [0, 0.05) is 5.56 Å². The molecule has 0 saturated heterocycles. The molecule has 5 heteroatoms. The Morgan fingerprint density at radius 1 is 1.60 bits per heavy atom. The molecule has 3 nitrogen and oxygen atoms in total. The van der Waals surface area contributed by atoms with Crippen LogP contribution < -0.4 is 0 Å². The molecule has 0 unspecified atom stereocenters. The second-order valence-electron chi connectivity index (χ2n) is 2.70. The first kappa shape index (κ1) is 11.8. The van der Waals surface area contributed by atoms with E-state index < -0.39 is 11.8 Å².